The van der Waals surface area contributed by atoms with Crippen LogP contribution < -0.4 is 4.74 Å². The van der Waals surface area contributed by atoms with Gasteiger partial charge < -0.3 is 4.74 Å². The molecular formula is C24H20O2. The lowest BCUT2D eigenvalue weighted by Gasteiger charge is -2.20. The fourth-order valence-electron chi connectivity index (χ4n) is 4.60. The molecule has 1 aliphatic carbocycles. The molecule has 0 heterocycles. The van der Waals surface area contributed by atoms with Crippen molar-refractivity contribution in [1.82, 2.24) is 0 Å². The maximum Gasteiger partial charge on any atom is 0.335 e. The Balaban J connectivity index is 1.90. The topological polar surface area (TPSA) is 26.3 Å². The van der Waals surface area contributed by atoms with Crippen LogP contribution in [-0.2, 0) is 4.79 Å². The SMILES string of the molecule is C=CC(=O)Oc1c(C2CCCC2)cc2ccc3cccc4ccc1c2c34. The predicted molar refractivity (Wildman–Crippen MR) is 107 cm³/mol. The van der Waals surface area contributed by atoms with Gasteiger partial charge in [-0.15, -0.1) is 0 Å². The predicted octanol–water partition coefficient (Wildman–Crippen LogP) is 6.33. The van der Waals surface area contributed by atoms with Crippen LogP contribution in [0.3, 0.4) is 0 Å². The quantitative estimate of drug-likeness (QED) is 0.188. The molecule has 2 heteroatoms. The number of hydrogen-bond donors (Lipinski definition) is 0. The number of ether oxygens (including phenoxy) is 1. The minimum atomic E-state index is -0.390. The zero-order valence-corrected chi connectivity index (χ0v) is 14.6. The van der Waals surface area contributed by atoms with Gasteiger partial charge >= 0.3 is 5.97 Å². The van der Waals surface area contributed by atoms with Crippen LogP contribution in [0.25, 0.3) is 32.3 Å². The normalized spacial score (nSPS) is 15.2. The number of hydrogen-bond acceptors (Lipinski definition) is 2. The van der Waals surface area contributed by atoms with Crippen LogP contribution >= 0.6 is 0 Å². The summed E-state index contributed by atoms with van der Waals surface area (Å²) in [4.78, 5) is 12.1. The van der Waals surface area contributed by atoms with Crippen molar-refractivity contribution in [3.8, 4) is 5.75 Å². The van der Waals surface area contributed by atoms with Gasteiger partial charge in [-0.2, -0.15) is 0 Å². The Bertz CT molecular complexity index is 1130. The van der Waals surface area contributed by atoms with Crippen molar-refractivity contribution in [2.75, 3.05) is 0 Å². The number of esters is 1. The lowest BCUT2D eigenvalue weighted by atomic mass is 9.88. The van der Waals surface area contributed by atoms with Gasteiger partial charge in [0.1, 0.15) is 5.75 Å². The standard InChI is InChI=1S/C24H20O2/c1-2-21(25)26-24-19-13-12-17-9-5-8-16-10-11-18(23(19)22(16)17)14-20(24)15-6-3-4-7-15/h2,5,8-15H,1,3-4,6-7H2. The Morgan fingerprint density at radius 2 is 1.65 bits per heavy atom. The van der Waals surface area contributed by atoms with Gasteiger partial charge in [0.25, 0.3) is 0 Å². The summed E-state index contributed by atoms with van der Waals surface area (Å²) in [6.45, 7) is 3.57. The summed E-state index contributed by atoms with van der Waals surface area (Å²) in [5, 5.41) is 7.13. The lowest BCUT2D eigenvalue weighted by molar-refractivity contribution is -0.128. The fraction of sp³-hybridized carbons (Fsp3) is 0.208. The first-order valence-electron chi connectivity index (χ1n) is 9.31. The van der Waals surface area contributed by atoms with Crippen molar-refractivity contribution in [2.24, 2.45) is 0 Å². The molecule has 4 aromatic rings. The highest BCUT2D eigenvalue weighted by Gasteiger charge is 2.25. The van der Waals surface area contributed by atoms with Gasteiger partial charge in [0.15, 0.2) is 0 Å². The van der Waals surface area contributed by atoms with Crippen molar-refractivity contribution < 1.29 is 9.53 Å². The monoisotopic (exact) mass is 340 g/mol. The Labute approximate surface area is 152 Å². The highest BCUT2D eigenvalue weighted by Crippen LogP contribution is 2.46. The van der Waals surface area contributed by atoms with Crippen LogP contribution in [0.1, 0.15) is 37.2 Å². The van der Waals surface area contributed by atoms with E-state index in [4.69, 9.17) is 4.74 Å². The van der Waals surface area contributed by atoms with E-state index in [-0.39, 0.29) is 5.97 Å². The van der Waals surface area contributed by atoms with Crippen molar-refractivity contribution in [3.63, 3.8) is 0 Å². The molecule has 0 amide bonds. The summed E-state index contributed by atoms with van der Waals surface area (Å²) in [5.41, 5.74) is 1.17. The first-order chi connectivity index (χ1) is 12.8. The summed E-state index contributed by atoms with van der Waals surface area (Å²) in [5.74, 6) is 0.802. The van der Waals surface area contributed by atoms with Crippen LogP contribution in [0.15, 0.2) is 61.2 Å². The van der Waals surface area contributed by atoms with Crippen LogP contribution in [0.4, 0.5) is 0 Å². The number of rotatable bonds is 3. The van der Waals surface area contributed by atoms with E-state index in [1.165, 1.54) is 51.4 Å². The highest BCUT2D eigenvalue weighted by atomic mass is 16.5. The zero-order chi connectivity index (χ0) is 17.7. The van der Waals surface area contributed by atoms with Gasteiger partial charge in [-0.25, -0.2) is 4.79 Å². The Kier molecular flexibility index (Phi) is 3.46. The molecule has 128 valence electrons. The maximum absolute atomic E-state index is 12.1. The van der Waals surface area contributed by atoms with Gasteiger partial charge in [0.05, 0.1) is 0 Å². The van der Waals surface area contributed by atoms with Gasteiger partial charge in [0.2, 0.25) is 0 Å². The molecule has 1 aliphatic rings. The summed E-state index contributed by atoms with van der Waals surface area (Å²) < 4.78 is 5.81. The summed E-state index contributed by atoms with van der Waals surface area (Å²) in [6.07, 6.45) is 6.05. The van der Waals surface area contributed by atoms with Crippen LogP contribution in [0.2, 0.25) is 0 Å². The minimum absolute atomic E-state index is 0.390. The van der Waals surface area contributed by atoms with Crippen molar-refractivity contribution >= 4 is 38.3 Å². The van der Waals surface area contributed by atoms with Crippen LogP contribution in [-0.4, -0.2) is 5.97 Å². The molecule has 4 aromatic carbocycles. The minimum Gasteiger partial charge on any atom is -0.422 e. The second kappa shape index (κ2) is 5.84. The largest absolute Gasteiger partial charge is 0.422 e. The Morgan fingerprint density at radius 1 is 0.962 bits per heavy atom. The molecule has 0 spiro atoms. The number of carbonyl (C=O) groups excluding carboxylic acids is 1. The molecule has 0 bridgehead atoms. The first-order valence-corrected chi connectivity index (χ1v) is 9.31. The average Bonchev–Trinajstić information content (AvgIpc) is 3.21. The van der Waals surface area contributed by atoms with Crippen LogP contribution in [0, 0.1) is 0 Å². The van der Waals surface area contributed by atoms with Gasteiger partial charge in [0, 0.05) is 16.8 Å². The maximum atomic E-state index is 12.1. The summed E-state index contributed by atoms with van der Waals surface area (Å²) in [6, 6.07) is 17.2. The second-order valence-electron chi connectivity index (χ2n) is 7.26. The molecule has 1 fully saturated rings. The van der Waals surface area contributed by atoms with E-state index in [2.05, 4.69) is 55.1 Å². The third-order valence-corrected chi connectivity index (χ3v) is 5.79. The highest BCUT2D eigenvalue weighted by molar-refractivity contribution is 6.24. The Hall–Kier alpha value is -2.87. The first kappa shape index (κ1) is 15.4. The van der Waals surface area contributed by atoms with E-state index in [9.17, 15) is 4.79 Å². The zero-order valence-electron chi connectivity index (χ0n) is 14.6. The molecule has 26 heavy (non-hydrogen) atoms. The van der Waals surface area contributed by atoms with Crippen LogP contribution in [0.5, 0.6) is 5.75 Å². The van der Waals surface area contributed by atoms with E-state index in [1.807, 2.05) is 0 Å². The molecule has 0 aliphatic heterocycles. The molecule has 2 nitrogen and oxygen atoms in total. The summed E-state index contributed by atoms with van der Waals surface area (Å²) >= 11 is 0. The molecule has 0 aromatic heterocycles. The fourth-order valence-corrected chi connectivity index (χ4v) is 4.60. The van der Waals surface area contributed by atoms with E-state index in [1.54, 1.807) is 0 Å². The summed E-state index contributed by atoms with van der Waals surface area (Å²) in [7, 11) is 0. The van der Waals surface area contributed by atoms with E-state index < -0.39 is 0 Å². The third-order valence-electron chi connectivity index (χ3n) is 5.79. The molecule has 0 atom stereocenters. The number of carbonyl (C=O) groups is 1. The van der Waals surface area contributed by atoms with E-state index >= 15 is 0 Å². The molecule has 0 N–H and O–H groups in total. The van der Waals surface area contributed by atoms with Crippen molar-refractivity contribution in [2.45, 2.75) is 31.6 Å². The smallest absolute Gasteiger partial charge is 0.335 e. The Morgan fingerprint density at radius 3 is 2.38 bits per heavy atom. The molecular weight excluding hydrogens is 320 g/mol. The number of benzene rings is 4. The van der Waals surface area contributed by atoms with Crippen molar-refractivity contribution in [1.29, 1.82) is 0 Å². The van der Waals surface area contributed by atoms with Gasteiger partial charge in [-0.3, -0.25) is 0 Å². The average molecular weight is 340 g/mol. The molecule has 0 saturated heterocycles. The lowest BCUT2D eigenvalue weighted by Crippen LogP contribution is -2.08. The third kappa shape index (κ3) is 2.22. The van der Waals surface area contributed by atoms with E-state index in [0.29, 0.717) is 5.92 Å². The molecule has 0 unspecified atom stereocenters. The molecule has 0 radical (unpaired) electrons. The van der Waals surface area contributed by atoms with Crippen molar-refractivity contribution in [3.05, 3.63) is 66.7 Å². The molecule has 1 saturated carbocycles. The second-order valence-corrected chi connectivity index (χ2v) is 7.26. The molecule has 5 rings (SSSR count). The van der Waals surface area contributed by atoms with Gasteiger partial charge in [-0.05, 0) is 58.0 Å². The van der Waals surface area contributed by atoms with E-state index in [0.717, 1.165) is 24.0 Å². The van der Waals surface area contributed by atoms with Gasteiger partial charge in [-0.1, -0.05) is 55.8 Å².